The third-order valence-electron chi connectivity index (χ3n) is 4.44. The van der Waals surface area contributed by atoms with E-state index in [1.54, 1.807) is 36.4 Å². The van der Waals surface area contributed by atoms with Crippen molar-refractivity contribution in [1.82, 2.24) is 13.9 Å². The molecule has 9 heteroatoms. The van der Waals surface area contributed by atoms with Crippen LogP contribution >= 0.6 is 11.6 Å². The summed E-state index contributed by atoms with van der Waals surface area (Å²) < 4.78 is 41.4. The van der Waals surface area contributed by atoms with Crippen LogP contribution in [0.3, 0.4) is 0 Å². The Morgan fingerprint density at radius 2 is 1.79 bits per heavy atom. The fourth-order valence-electron chi connectivity index (χ4n) is 3.00. The number of amides is 1. The summed E-state index contributed by atoms with van der Waals surface area (Å²) in [6.45, 7) is 0.716. The highest BCUT2D eigenvalue weighted by atomic mass is 35.5. The molecule has 2 aromatic rings. The van der Waals surface area contributed by atoms with Crippen LogP contribution in [0.15, 0.2) is 48.5 Å². The van der Waals surface area contributed by atoms with Crippen LogP contribution in [-0.2, 0) is 28.1 Å². The standard InChI is InChI=1S/C19H21ClFN3O3S/c20-17-7-5-15(6-8-17)12-22-19(25)14-24-10-2-9-23(28(24,26)27)13-16-3-1-4-18(21)11-16/h1,3-8,11H,2,9-10,12-14H2,(H,22,25). The molecule has 3 rings (SSSR count). The van der Waals surface area contributed by atoms with E-state index in [-0.39, 0.29) is 32.1 Å². The average Bonchev–Trinajstić information content (AvgIpc) is 2.65. The molecular formula is C19H21ClFN3O3S. The van der Waals surface area contributed by atoms with Gasteiger partial charge in [0.25, 0.3) is 10.2 Å². The summed E-state index contributed by atoms with van der Waals surface area (Å²) >= 11 is 5.83. The largest absolute Gasteiger partial charge is 0.351 e. The minimum absolute atomic E-state index is 0.0724. The molecule has 6 nitrogen and oxygen atoms in total. The SMILES string of the molecule is O=C(CN1CCCN(Cc2cccc(F)c2)S1(=O)=O)NCc1ccc(Cl)cc1. The van der Waals surface area contributed by atoms with Crippen LogP contribution in [-0.4, -0.2) is 42.6 Å². The van der Waals surface area contributed by atoms with Gasteiger partial charge in [-0.05, 0) is 41.8 Å². The topological polar surface area (TPSA) is 69.7 Å². The zero-order valence-electron chi connectivity index (χ0n) is 15.1. The molecule has 0 bridgehead atoms. The summed E-state index contributed by atoms with van der Waals surface area (Å²) in [4.78, 5) is 12.2. The molecule has 0 atom stereocenters. The van der Waals surface area contributed by atoms with Crippen LogP contribution in [0.4, 0.5) is 4.39 Å². The lowest BCUT2D eigenvalue weighted by molar-refractivity contribution is -0.121. The second-order valence-corrected chi connectivity index (χ2v) is 8.93. The number of nitrogens with one attached hydrogen (secondary N) is 1. The minimum atomic E-state index is -3.79. The maximum atomic E-state index is 13.4. The molecule has 0 unspecified atom stereocenters. The first-order valence-corrected chi connectivity index (χ1v) is 10.6. The molecular weight excluding hydrogens is 405 g/mol. The Kier molecular flexibility index (Phi) is 6.66. The van der Waals surface area contributed by atoms with Crippen LogP contribution in [0.5, 0.6) is 0 Å². The number of benzene rings is 2. The second-order valence-electron chi connectivity index (χ2n) is 6.56. The predicted octanol–water partition coefficient (Wildman–Crippen LogP) is 2.55. The van der Waals surface area contributed by atoms with Crippen LogP contribution in [0, 0.1) is 5.82 Å². The summed E-state index contributed by atoms with van der Waals surface area (Å²) in [6, 6.07) is 12.9. The van der Waals surface area contributed by atoms with Crippen molar-refractivity contribution in [2.45, 2.75) is 19.5 Å². The van der Waals surface area contributed by atoms with Crippen LogP contribution in [0.1, 0.15) is 17.5 Å². The Morgan fingerprint density at radius 3 is 2.50 bits per heavy atom. The van der Waals surface area contributed by atoms with Gasteiger partial charge >= 0.3 is 0 Å². The number of carbonyl (C=O) groups is 1. The van der Waals surface area contributed by atoms with Crippen LogP contribution in [0.25, 0.3) is 0 Å². The molecule has 28 heavy (non-hydrogen) atoms. The summed E-state index contributed by atoms with van der Waals surface area (Å²) in [7, 11) is -3.79. The third kappa shape index (κ3) is 5.29. The molecule has 0 aromatic heterocycles. The Labute approximate surface area is 169 Å². The van der Waals surface area contributed by atoms with Gasteiger partial charge in [-0.3, -0.25) is 4.79 Å². The second kappa shape index (κ2) is 9.00. The van der Waals surface area contributed by atoms with Gasteiger partial charge in [-0.15, -0.1) is 0 Å². The molecule has 0 aliphatic carbocycles. The van der Waals surface area contributed by atoms with Crippen molar-refractivity contribution in [3.63, 3.8) is 0 Å². The van der Waals surface area contributed by atoms with Gasteiger partial charge in [-0.1, -0.05) is 35.9 Å². The van der Waals surface area contributed by atoms with Crippen LogP contribution in [0.2, 0.25) is 5.02 Å². The molecule has 2 aromatic carbocycles. The van der Waals surface area contributed by atoms with E-state index in [4.69, 9.17) is 11.6 Å². The Balaban J connectivity index is 1.59. The molecule has 1 fully saturated rings. The van der Waals surface area contributed by atoms with E-state index in [2.05, 4.69) is 5.32 Å². The van der Waals surface area contributed by atoms with E-state index in [9.17, 15) is 17.6 Å². The van der Waals surface area contributed by atoms with Gasteiger partial charge in [0.05, 0.1) is 6.54 Å². The molecule has 1 N–H and O–H groups in total. The van der Waals surface area contributed by atoms with Gasteiger partial charge in [0.15, 0.2) is 0 Å². The molecule has 0 spiro atoms. The molecule has 0 radical (unpaired) electrons. The highest BCUT2D eigenvalue weighted by Gasteiger charge is 2.34. The van der Waals surface area contributed by atoms with Crippen molar-refractivity contribution in [3.8, 4) is 0 Å². The van der Waals surface area contributed by atoms with E-state index in [0.717, 1.165) is 9.87 Å². The highest BCUT2D eigenvalue weighted by molar-refractivity contribution is 7.86. The average molecular weight is 426 g/mol. The molecule has 150 valence electrons. The maximum absolute atomic E-state index is 13.4. The number of hydrogen-bond acceptors (Lipinski definition) is 3. The van der Waals surface area contributed by atoms with Gasteiger partial charge in [0, 0.05) is 31.2 Å². The molecule has 0 saturated carbocycles. The quantitative estimate of drug-likeness (QED) is 0.773. The molecule has 1 saturated heterocycles. The summed E-state index contributed by atoms with van der Waals surface area (Å²) in [5, 5.41) is 3.32. The van der Waals surface area contributed by atoms with Crippen molar-refractivity contribution in [2.24, 2.45) is 0 Å². The summed E-state index contributed by atoms with van der Waals surface area (Å²) in [6.07, 6.45) is 0.596. The number of carbonyl (C=O) groups excluding carboxylic acids is 1. The molecule has 1 aliphatic heterocycles. The fourth-order valence-corrected chi connectivity index (χ4v) is 4.76. The monoisotopic (exact) mass is 425 g/mol. The van der Waals surface area contributed by atoms with Gasteiger partial charge in [-0.2, -0.15) is 17.0 Å². The first-order chi connectivity index (χ1) is 13.3. The zero-order valence-corrected chi connectivity index (χ0v) is 16.7. The summed E-state index contributed by atoms with van der Waals surface area (Å²) in [5.74, 6) is -0.795. The van der Waals surface area contributed by atoms with E-state index >= 15 is 0 Å². The lowest BCUT2D eigenvalue weighted by atomic mass is 10.2. The van der Waals surface area contributed by atoms with E-state index < -0.39 is 16.0 Å². The molecule has 1 amide bonds. The van der Waals surface area contributed by atoms with Gasteiger partial charge in [0.1, 0.15) is 5.82 Å². The third-order valence-corrected chi connectivity index (χ3v) is 6.62. The lowest BCUT2D eigenvalue weighted by Crippen LogP contribution is -2.52. The first-order valence-electron chi connectivity index (χ1n) is 8.85. The van der Waals surface area contributed by atoms with Crippen molar-refractivity contribution >= 4 is 27.7 Å². The number of hydrogen-bond donors (Lipinski definition) is 1. The Morgan fingerprint density at radius 1 is 1.07 bits per heavy atom. The Bertz CT molecular complexity index is 938. The number of rotatable bonds is 6. The normalized spacial score (nSPS) is 17.4. The highest BCUT2D eigenvalue weighted by Crippen LogP contribution is 2.19. The van der Waals surface area contributed by atoms with Crippen molar-refractivity contribution in [3.05, 3.63) is 70.5 Å². The number of nitrogens with zero attached hydrogens (tertiary/aromatic N) is 2. The molecule has 1 aliphatic rings. The Hall–Kier alpha value is -2.00. The van der Waals surface area contributed by atoms with E-state index in [0.29, 0.717) is 23.6 Å². The lowest BCUT2D eigenvalue weighted by Gasteiger charge is -2.34. The number of halogens is 2. The zero-order chi connectivity index (χ0) is 20.1. The fraction of sp³-hybridized carbons (Fsp3) is 0.316. The molecule has 1 heterocycles. The van der Waals surface area contributed by atoms with E-state index in [1.165, 1.54) is 16.4 Å². The van der Waals surface area contributed by atoms with Crippen molar-refractivity contribution in [2.75, 3.05) is 19.6 Å². The smallest absolute Gasteiger partial charge is 0.282 e. The summed E-state index contributed by atoms with van der Waals surface area (Å²) in [5.41, 5.74) is 1.43. The van der Waals surface area contributed by atoms with Crippen molar-refractivity contribution < 1.29 is 17.6 Å². The first kappa shape index (κ1) is 20.7. The van der Waals surface area contributed by atoms with Crippen LogP contribution < -0.4 is 5.32 Å². The van der Waals surface area contributed by atoms with E-state index in [1.807, 2.05) is 0 Å². The van der Waals surface area contributed by atoms with Crippen molar-refractivity contribution in [1.29, 1.82) is 0 Å². The minimum Gasteiger partial charge on any atom is -0.351 e. The maximum Gasteiger partial charge on any atom is 0.282 e. The van der Waals surface area contributed by atoms with Gasteiger partial charge < -0.3 is 5.32 Å². The predicted molar refractivity (Wildman–Crippen MR) is 105 cm³/mol. The van der Waals surface area contributed by atoms with Gasteiger partial charge in [0.2, 0.25) is 5.91 Å². The van der Waals surface area contributed by atoms with Gasteiger partial charge in [-0.25, -0.2) is 4.39 Å².